The summed E-state index contributed by atoms with van der Waals surface area (Å²) in [6, 6.07) is 9.32. The van der Waals surface area contributed by atoms with Gasteiger partial charge in [0.05, 0.1) is 18.5 Å². The van der Waals surface area contributed by atoms with Gasteiger partial charge in [-0.3, -0.25) is 10.1 Å². The van der Waals surface area contributed by atoms with Crippen molar-refractivity contribution >= 4 is 29.5 Å². The van der Waals surface area contributed by atoms with Gasteiger partial charge in [-0.1, -0.05) is 18.2 Å². The Bertz CT molecular complexity index is 1180. The molecular weight excluding hydrogens is 372 g/mol. The predicted octanol–water partition coefficient (Wildman–Crippen LogP) is 1.64. The molecule has 0 radical (unpaired) electrons. The number of anilines is 1. The topological polar surface area (TPSA) is 121 Å². The molecule has 5 rings (SSSR count). The van der Waals surface area contributed by atoms with Crippen molar-refractivity contribution in [1.29, 1.82) is 0 Å². The Morgan fingerprint density at radius 2 is 2.10 bits per heavy atom. The Morgan fingerprint density at radius 1 is 1.24 bits per heavy atom. The van der Waals surface area contributed by atoms with Crippen LogP contribution >= 0.6 is 0 Å². The van der Waals surface area contributed by atoms with E-state index in [0.717, 1.165) is 35.5 Å². The monoisotopic (exact) mass is 390 g/mol. The highest BCUT2D eigenvalue weighted by molar-refractivity contribution is 6.14. The molecule has 3 aromatic rings. The van der Waals surface area contributed by atoms with E-state index in [2.05, 4.69) is 21.0 Å². The number of nitrogens with zero attached hydrogens (tertiary/aromatic N) is 3. The van der Waals surface area contributed by atoms with E-state index in [0.29, 0.717) is 17.3 Å². The van der Waals surface area contributed by atoms with Crippen molar-refractivity contribution < 1.29 is 14.7 Å². The van der Waals surface area contributed by atoms with Gasteiger partial charge in [0.25, 0.3) is 5.91 Å². The van der Waals surface area contributed by atoms with Gasteiger partial charge in [-0.2, -0.15) is 9.61 Å². The zero-order chi connectivity index (χ0) is 20.0. The van der Waals surface area contributed by atoms with E-state index in [4.69, 9.17) is 4.98 Å². The SMILES string of the molecule is O=C1NC(=O)/C(=C/c2cnn3c(NC4CC4)cc(-c4cccc(CO)c4)nc23)N1. The fourth-order valence-electron chi connectivity index (χ4n) is 3.24. The molecule has 0 unspecified atom stereocenters. The number of imide groups is 1. The molecule has 3 heterocycles. The van der Waals surface area contributed by atoms with Crippen molar-refractivity contribution in [3.8, 4) is 11.3 Å². The molecule has 0 atom stereocenters. The lowest BCUT2D eigenvalue weighted by Crippen LogP contribution is -2.22. The summed E-state index contributed by atoms with van der Waals surface area (Å²) in [5.74, 6) is 0.309. The minimum Gasteiger partial charge on any atom is -0.392 e. The first-order valence-corrected chi connectivity index (χ1v) is 9.30. The molecule has 9 nitrogen and oxygen atoms in total. The molecule has 1 saturated carbocycles. The van der Waals surface area contributed by atoms with E-state index in [1.54, 1.807) is 16.8 Å². The van der Waals surface area contributed by atoms with Crippen molar-refractivity contribution in [2.45, 2.75) is 25.5 Å². The van der Waals surface area contributed by atoms with Crippen LogP contribution in [-0.4, -0.2) is 37.7 Å². The van der Waals surface area contributed by atoms with E-state index >= 15 is 0 Å². The summed E-state index contributed by atoms with van der Waals surface area (Å²) in [6.07, 6.45) is 5.37. The first kappa shape index (κ1) is 17.4. The number of aliphatic hydroxyl groups is 1. The smallest absolute Gasteiger partial charge is 0.326 e. The molecule has 1 aliphatic heterocycles. The number of hydrogen-bond acceptors (Lipinski definition) is 6. The summed E-state index contributed by atoms with van der Waals surface area (Å²) in [5.41, 5.74) is 3.69. The summed E-state index contributed by atoms with van der Waals surface area (Å²) >= 11 is 0. The Morgan fingerprint density at radius 3 is 2.83 bits per heavy atom. The number of rotatable bonds is 5. The van der Waals surface area contributed by atoms with Crippen LogP contribution in [0.1, 0.15) is 24.0 Å². The molecule has 0 spiro atoms. The summed E-state index contributed by atoms with van der Waals surface area (Å²) in [5, 5.41) is 22.0. The van der Waals surface area contributed by atoms with Crippen molar-refractivity contribution in [2.24, 2.45) is 0 Å². The van der Waals surface area contributed by atoms with Gasteiger partial charge in [-0.05, 0) is 30.5 Å². The molecule has 3 amide bonds. The Kier molecular flexibility index (Phi) is 4.02. The largest absolute Gasteiger partial charge is 0.392 e. The van der Waals surface area contributed by atoms with Crippen LogP contribution in [0.25, 0.3) is 23.0 Å². The molecule has 9 heteroatoms. The van der Waals surface area contributed by atoms with E-state index in [1.165, 1.54) is 0 Å². The number of aromatic nitrogens is 3. The summed E-state index contributed by atoms with van der Waals surface area (Å²) in [6.45, 7) is -0.0535. The van der Waals surface area contributed by atoms with Gasteiger partial charge in [0.1, 0.15) is 11.5 Å². The van der Waals surface area contributed by atoms with Gasteiger partial charge in [0.15, 0.2) is 5.65 Å². The van der Waals surface area contributed by atoms with Crippen LogP contribution in [0.2, 0.25) is 0 Å². The Balaban J connectivity index is 1.65. The van der Waals surface area contributed by atoms with E-state index < -0.39 is 11.9 Å². The predicted molar refractivity (Wildman–Crippen MR) is 106 cm³/mol. The average molecular weight is 390 g/mol. The molecule has 0 bridgehead atoms. The molecule has 1 aliphatic carbocycles. The Hall–Kier alpha value is -3.72. The highest BCUT2D eigenvalue weighted by atomic mass is 16.3. The third-order valence-corrected chi connectivity index (χ3v) is 4.85. The third kappa shape index (κ3) is 3.32. The van der Waals surface area contributed by atoms with Crippen LogP contribution in [0.3, 0.4) is 0 Å². The average Bonchev–Trinajstić information content (AvgIpc) is 3.36. The fourth-order valence-corrected chi connectivity index (χ4v) is 3.24. The first-order valence-electron chi connectivity index (χ1n) is 9.30. The lowest BCUT2D eigenvalue weighted by atomic mass is 10.1. The van der Waals surface area contributed by atoms with E-state index in [1.807, 2.05) is 30.3 Å². The van der Waals surface area contributed by atoms with Gasteiger partial charge < -0.3 is 15.7 Å². The number of fused-ring (bicyclic) bond motifs is 1. The molecule has 2 fully saturated rings. The maximum atomic E-state index is 11.9. The summed E-state index contributed by atoms with van der Waals surface area (Å²) in [4.78, 5) is 28.0. The van der Waals surface area contributed by atoms with Gasteiger partial charge >= 0.3 is 6.03 Å². The highest BCUT2D eigenvalue weighted by Gasteiger charge is 2.25. The number of aliphatic hydroxyl groups excluding tert-OH is 1. The normalized spacial score (nSPS) is 17.6. The standard InChI is InChI=1S/C20H18N6O3/c27-10-11-2-1-3-12(6-11)15-8-17(22-14-4-5-14)26-18(23-15)13(9-21-26)7-16-19(28)25-20(29)24-16/h1-3,6-9,14,22,27H,4-5,10H2,(H2,24,25,28,29)/b16-7-. The number of carbonyl (C=O) groups excluding carboxylic acids is 2. The lowest BCUT2D eigenvalue weighted by molar-refractivity contribution is -0.115. The van der Waals surface area contributed by atoms with Crippen LogP contribution in [0, 0.1) is 0 Å². The van der Waals surface area contributed by atoms with Crippen LogP contribution in [0.15, 0.2) is 42.2 Å². The summed E-state index contributed by atoms with van der Waals surface area (Å²) in [7, 11) is 0. The second-order valence-corrected chi connectivity index (χ2v) is 7.11. The molecular formula is C20H18N6O3. The summed E-state index contributed by atoms with van der Waals surface area (Å²) < 4.78 is 1.69. The number of nitrogens with one attached hydrogen (secondary N) is 3. The van der Waals surface area contributed by atoms with Crippen LogP contribution < -0.4 is 16.0 Å². The quantitative estimate of drug-likeness (QED) is 0.388. The number of hydrogen-bond donors (Lipinski definition) is 4. The van der Waals surface area contributed by atoms with Gasteiger partial charge in [0.2, 0.25) is 0 Å². The number of amides is 3. The second-order valence-electron chi connectivity index (χ2n) is 7.11. The number of urea groups is 1. The molecule has 1 saturated heterocycles. The number of benzene rings is 1. The molecule has 4 N–H and O–H groups in total. The maximum absolute atomic E-state index is 11.9. The van der Waals surface area contributed by atoms with Crippen LogP contribution in [-0.2, 0) is 11.4 Å². The van der Waals surface area contributed by atoms with Gasteiger partial charge in [-0.15, -0.1) is 0 Å². The zero-order valence-corrected chi connectivity index (χ0v) is 15.3. The Labute approximate surface area is 165 Å². The van der Waals surface area contributed by atoms with E-state index in [9.17, 15) is 14.7 Å². The minimum absolute atomic E-state index is 0.0535. The molecule has 1 aromatic carbocycles. The highest BCUT2D eigenvalue weighted by Crippen LogP contribution is 2.29. The van der Waals surface area contributed by atoms with Crippen molar-refractivity contribution in [1.82, 2.24) is 25.2 Å². The number of carbonyl (C=O) groups is 2. The molecule has 2 aromatic heterocycles. The fraction of sp³-hybridized carbons (Fsp3) is 0.200. The van der Waals surface area contributed by atoms with Crippen LogP contribution in [0.5, 0.6) is 0 Å². The van der Waals surface area contributed by atoms with Crippen molar-refractivity contribution in [2.75, 3.05) is 5.32 Å². The minimum atomic E-state index is -0.553. The first-order chi connectivity index (χ1) is 14.1. The lowest BCUT2D eigenvalue weighted by Gasteiger charge is -2.11. The van der Waals surface area contributed by atoms with Gasteiger partial charge in [-0.25, -0.2) is 9.78 Å². The van der Waals surface area contributed by atoms with E-state index in [-0.39, 0.29) is 12.3 Å². The van der Waals surface area contributed by atoms with Crippen molar-refractivity contribution in [3.63, 3.8) is 0 Å². The maximum Gasteiger partial charge on any atom is 0.326 e. The molecule has 146 valence electrons. The van der Waals surface area contributed by atoms with Crippen LogP contribution in [0.4, 0.5) is 10.6 Å². The molecule has 29 heavy (non-hydrogen) atoms. The second kappa shape index (κ2) is 6.71. The molecule has 2 aliphatic rings. The zero-order valence-electron chi connectivity index (χ0n) is 15.3. The third-order valence-electron chi connectivity index (χ3n) is 4.85. The van der Waals surface area contributed by atoms with Crippen molar-refractivity contribution in [3.05, 3.63) is 53.4 Å². The van der Waals surface area contributed by atoms with Gasteiger partial charge in [0, 0.05) is 23.2 Å².